The molecule has 0 saturated carbocycles. The maximum atomic E-state index is 11.9. The number of nitrogens with one attached hydrogen (secondary N) is 2. The van der Waals surface area contributed by atoms with Gasteiger partial charge in [0.05, 0.1) is 0 Å². The van der Waals surface area contributed by atoms with Crippen molar-refractivity contribution in [3.63, 3.8) is 0 Å². The molecule has 12 nitrogen and oxygen atoms in total. The summed E-state index contributed by atoms with van der Waals surface area (Å²) in [6.07, 6.45) is 2.39. The van der Waals surface area contributed by atoms with E-state index in [1.54, 1.807) is 24.3 Å². The maximum Gasteiger partial charge on any atom is 0.348 e. The zero-order valence-electron chi connectivity index (χ0n) is 12.1. The number of nitrogens with two attached hydrogens (primary N) is 2. The van der Waals surface area contributed by atoms with Crippen molar-refractivity contribution in [2.45, 2.75) is 0 Å². The molecule has 0 bridgehead atoms. The minimum atomic E-state index is -0.519. The first-order valence-corrected chi connectivity index (χ1v) is 6.58. The van der Waals surface area contributed by atoms with E-state index in [0.29, 0.717) is 11.4 Å². The van der Waals surface area contributed by atoms with Gasteiger partial charge in [0.1, 0.15) is 12.7 Å². The Morgan fingerprint density at radius 3 is 1.46 bits per heavy atom. The molecule has 3 aromatic rings. The van der Waals surface area contributed by atoms with Crippen LogP contribution < -0.4 is 22.1 Å². The first kappa shape index (κ1) is 15.0. The molecule has 0 saturated heterocycles. The molecule has 2 heterocycles. The van der Waals surface area contributed by atoms with Crippen LogP contribution in [0.25, 0.3) is 0 Å². The van der Waals surface area contributed by atoms with Crippen molar-refractivity contribution < 1.29 is 9.59 Å². The van der Waals surface area contributed by atoms with Gasteiger partial charge in [0.15, 0.2) is 0 Å². The number of hydrogen-bond acceptors (Lipinski definition) is 8. The van der Waals surface area contributed by atoms with Crippen molar-refractivity contribution in [3.05, 3.63) is 36.9 Å². The predicted molar refractivity (Wildman–Crippen MR) is 84.1 cm³/mol. The second kappa shape index (κ2) is 6.04. The van der Waals surface area contributed by atoms with E-state index in [2.05, 4.69) is 30.8 Å². The molecule has 0 atom stereocenters. The zero-order valence-corrected chi connectivity index (χ0v) is 12.1. The summed E-state index contributed by atoms with van der Waals surface area (Å²) in [5, 5.41) is 12.6. The van der Waals surface area contributed by atoms with Gasteiger partial charge in [-0.1, -0.05) is 0 Å². The van der Waals surface area contributed by atoms with Gasteiger partial charge in [0.2, 0.25) is 11.9 Å². The average Bonchev–Trinajstić information content (AvgIpc) is 3.18. The molecule has 2 aromatic heterocycles. The van der Waals surface area contributed by atoms with Gasteiger partial charge in [-0.25, -0.2) is 19.6 Å². The lowest BCUT2D eigenvalue weighted by molar-refractivity contribution is 0.250. The number of carbonyl (C=O) groups excluding carboxylic acids is 2. The van der Waals surface area contributed by atoms with Crippen LogP contribution in [0, 0.1) is 0 Å². The third kappa shape index (κ3) is 3.27. The molecule has 2 amide bonds. The van der Waals surface area contributed by atoms with Gasteiger partial charge in [-0.15, -0.1) is 10.2 Å². The van der Waals surface area contributed by atoms with Crippen LogP contribution in [0.4, 0.5) is 32.9 Å². The summed E-state index contributed by atoms with van der Waals surface area (Å²) in [6, 6.07) is 5.36. The van der Waals surface area contributed by atoms with Gasteiger partial charge in [-0.05, 0) is 24.3 Å². The Balaban J connectivity index is 1.63. The molecule has 0 unspecified atom stereocenters. The van der Waals surface area contributed by atoms with Crippen LogP contribution in [0.2, 0.25) is 0 Å². The van der Waals surface area contributed by atoms with E-state index in [0.717, 1.165) is 9.36 Å². The van der Waals surface area contributed by atoms with E-state index in [1.807, 2.05) is 0 Å². The number of carbonyl (C=O) groups is 2. The van der Waals surface area contributed by atoms with E-state index < -0.39 is 12.1 Å². The molecule has 24 heavy (non-hydrogen) atoms. The fraction of sp³-hybridized carbons (Fsp3) is 0. The second-order valence-electron chi connectivity index (χ2n) is 4.53. The Hall–Kier alpha value is -3.96. The third-order valence-electron chi connectivity index (χ3n) is 2.82. The van der Waals surface area contributed by atoms with Crippen molar-refractivity contribution in [2.24, 2.45) is 0 Å². The van der Waals surface area contributed by atoms with E-state index in [4.69, 9.17) is 11.5 Å². The molecular formula is C12H12N10O2. The lowest BCUT2D eigenvalue weighted by atomic mass is 10.3. The molecule has 12 heteroatoms. The Labute approximate surface area is 134 Å². The average molecular weight is 328 g/mol. The molecule has 0 radical (unpaired) electrons. The number of nitrogen functional groups attached to an aromatic ring is 2. The van der Waals surface area contributed by atoms with E-state index in [-0.39, 0.29) is 11.9 Å². The van der Waals surface area contributed by atoms with Crippen LogP contribution in [-0.2, 0) is 0 Å². The van der Waals surface area contributed by atoms with Gasteiger partial charge in [0, 0.05) is 11.4 Å². The van der Waals surface area contributed by atoms with Gasteiger partial charge < -0.3 is 22.1 Å². The van der Waals surface area contributed by atoms with Gasteiger partial charge in [0.25, 0.3) is 0 Å². The van der Waals surface area contributed by atoms with Gasteiger partial charge >= 0.3 is 12.1 Å². The van der Waals surface area contributed by atoms with Crippen LogP contribution in [0.15, 0.2) is 36.9 Å². The summed E-state index contributed by atoms with van der Waals surface area (Å²) in [5.74, 6) is -0.00563. The van der Waals surface area contributed by atoms with Crippen molar-refractivity contribution in [1.82, 2.24) is 29.5 Å². The molecule has 122 valence electrons. The summed E-state index contributed by atoms with van der Waals surface area (Å²) < 4.78 is 1.94. The van der Waals surface area contributed by atoms with Gasteiger partial charge in [-0.2, -0.15) is 9.36 Å². The minimum absolute atomic E-state index is 0.00282. The Kier molecular flexibility index (Phi) is 3.76. The highest BCUT2D eigenvalue weighted by atomic mass is 16.2. The lowest BCUT2D eigenvalue weighted by Crippen LogP contribution is -2.21. The number of rotatable bonds is 2. The fourth-order valence-corrected chi connectivity index (χ4v) is 1.75. The number of benzene rings is 1. The van der Waals surface area contributed by atoms with Gasteiger partial charge in [-0.3, -0.25) is 0 Å². The largest absolute Gasteiger partial charge is 0.366 e. The van der Waals surface area contributed by atoms with Crippen LogP contribution in [0.3, 0.4) is 0 Å². The summed E-state index contributed by atoms with van der Waals surface area (Å²) in [6.45, 7) is 0. The third-order valence-corrected chi connectivity index (χ3v) is 2.82. The molecule has 6 N–H and O–H groups in total. The molecule has 3 rings (SSSR count). The number of anilines is 4. The fourth-order valence-electron chi connectivity index (χ4n) is 1.75. The van der Waals surface area contributed by atoms with Crippen molar-refractivity contribution in [1.29, 1.82) is 0 Å². The van der Waals surface area contributed by atoms with Crippen LogP contribution in [0.1, 0.15) is 0 Å². The maximum absolute atomic E-state index is 11.9. The first-order chi connectivity index (χ1) is 11.5. The number of aromatic nitrogens is 6. The predicted octanol–water partition coefficient (Wildman–Crippen LogP) is 0.194. The Morgan fingerprint density at radius 1 is 0.792 bits per heavy atom. The number of amides is 2. The molecule has 1 aromatic carbocycles. The highest BCUT2D eigenvalue weighted by Crippen LogP contribution is 2.14. The molecule has 0 aliphatic heterocycles. The van der Waals surface area contributed by atoms with Crippen molar-refractivity contribution >= 4 is 35.3 Å². The zero-order chi connectivity index (χ0) is 17.1. The van der Waals surface area contributed by atoms with E-state index in [1.165, 1.54) is 12.7 Å². The Bertz CT molecular complexity index is 808. The van der Waals surface area contributed by atoms with Crippen LogP contribution in [-0.4, -0.2) is 41.6 Å². The van der Waals surface area contributed by atoms with E-state index >= 15 is 0 Å². The molecular weight excluding hydrogens is 316 g/mol. The quantitative estimate of drug-likeness (QED) is 0.516. The highest BCUT2D eigenvalue weighted by Gasteiger charge is 2.09. The molecule has 0 fully saturated rings. The molecule has 0 aliphatic rings. The van der Waals surface area contributed by atoms with E-state index in [9.17, 15) is 9.59 Å². The van der Waals surface area contributed by atoms with Crippen LogP contribution >= 0.6 is 0 Å². The summed E-state index contributed by atoms with van der Waals surface area (Å²) >= 11 is 0. The SMILES string of the molecule is Nc1ncn(C(=O)Nc2ccc(NC(=O)n3cnc(N)n3)cc2)n1. The lowest BCUT2D eigenvalue weighted by Gasteiger charge is -2.07. The summed E-state index contributed by atoms with van der Waals surface area (Å²) in [4.78, 5) is 31.1. The molecule has 0 aliphatic carbocycles. The van der Waals surface area contributed by atoms with Crippen LogP contribution in [0.5, 0.6) is 0 Å². The minimum Gasteiger partial charge on any atom is -0.366 e. The standard InChI is InChI=1S/C12H12N10O2/c13-9-15-5-21(19-9)11(23)17-7-1-2-8(4-3-7)18-12(24)22-6-16-10(14)20-22/h1-6H,(H2,13,19)(H2,14,20)(H,17,23)(H,18,24). The number of nitrogens with zero attached hydrogens (tertiary/aromatic N) is 6. The smallest absolute Gasteiger partial charge is 0.348 e. The van der Waals surface area contributed by atoms with Crippen molar-refractivity contribution in [3.8, 4) is 0 Å². The second-order valence-corrected chi connectivity index (χ2v) is 4.53. The molecule has 0 spiro atoms. The summed E-state index contributed by atoms with van der Waals surface area (Å²) in [7, 11) is 0. The monoisotopic (exact) mass is 328 g/mol. The Morgan fingerprint density at radius 2 is 1.17 bits per heavy atom. The van der Waals surface area contributed by atoms with Crippen molar-refractivity contribution in [2.75, 3.05) is 22.1 Å². The number of hydrogen-bond donors (Lipinski definition) is 4. The topological polar surface area (TPSA) is 172 Å². The normalized spacial score (nSPS) is 10.3. The highest BCUT2D eigenvalue weighted by molar-refractivity contribution is 5.92. The summed E-state index contributed by atoms with van der Waals surface area (Å²) in [5.41, 5.74) is 11.7. The first-order valence-electron chi connectivity index (χ1n) is 6.58.